The van der Waals surface area contributed by atoms with E-state index in [1.54, 1.807) is 0 Å². The van der Waals surface area contributed by atoms with E-state index >= 15 is 0 Å². The highest BCUT2D eigenvalue weighted by molar-refractivity contribution is 5.78. The molecule has 88 valence electrons. The largest absolute Gasteiger partial charge is 0.375 e. The zero-order valence-corrected chi connectivity index (χ0v) is 9.93. The fourth-order valence-electron chi connectivity index (χ4n) is 1.07. The van der Waals surface area contributed by atoms with Gasteiger partial charge < -0.3 is 15.4 Å². The first-order valence-electron chi connectivity index (χ1n) is 5.22. The van der Waals surface area contributed by atoms with Crippen LogP contribution in [0.4, 0.5) is 0 Å². The third-order valence-electron chi connectivity index (χ3n) is 1.85. The average molecular weight is 214 g/mol. The fourth-order valence-corrected chi connectivity index (χ4v) is 1.07. The van der Waals surface area contributed by atoms with Gasteiger partial charge in [-0.05, 0) is 14.0 Å². The number of rotatable bonds is 8. The van der Waals surface area contributed by atoms with E-state index in [9.17, 15) is 4.79 Å². The summed E-state index contributed by atoms with van der Waals surface area (Å²) in [4.78, 5) is 11.4. The third-order valence-corrected chi connectivity index (χ3v) is 1.85. The standard InChI is InChI=1S/C11H22N2O2/c1-9(2)8-15-6-5-13-11(14)10(3)7-12-4/h10,12H,1,5-8H2,2-4H3,(H,13,14). The number of hydrogen-bond donors (Lipinski definition) is 2. The Bertz CT molecular complexity index is 205. The van der Waals surface area contributed by atoms with Crippen molar-refractivity contribution in [1.29, 1.82) is 0 Å². The molecule has 0 aliphatic heterocycles. The molecular weight excluding hydrogens is 192 g/mol. The zero-order chi connectivity index (χ0) is 11.7. The zero-order valence-electron chi connectivity index (χ0n) is 9.93. The molecule has 4 heteroatoms. The third kappa shape index (κ3) is 8.15. The number of nitrogens with one attached hydrogen (secondary N) is 2. The molecule has 0 bridgehead atoms. The molecule has 1 amide bonds. The van der Waals surface area contributed by atoms with Gasteiger partial charge in [-0.15, -0.1) is 0 Å². The van der Waals surface area contributed by atoms with Gasteiger partial charge in [0.1, 0.15) is 0 Å². The van der Waals surface area contributed by atoms with Crippen LogP contribution in [-0.2, 0) is 9.53 Å². The van der Waals surface area contributed by atoms with Crippen molar-refractivity contribution < 1.29 is 9.53 Å². The van der Waals surface area contributed by atoms with Crippen LogP contribution >= 0.6 is 0 Å². The summed E-state index contributed by atoms with van der Waals surface area (Å²) in [7, 11) is 1.83. The molecule has 0 heterocycles. The predicted octanol–water partition coefficient (Wildman–Crippen LogP) is 0.551. The van der Waals surface area contributed by atoms with Crippen molar-refractivity contribution in [3.05, 3.63) is 12.2 Å². The lowest BCUT2D eigenvalue weighted by molar-refractivity contribution is -0.124. The van der Waals surface area contributed by atoms with Crippen LogP contribution in [-0.4, -0.2) is 39.3 Å². The molecule has 0 saturated carbocycles. The second-order valence-corrected chi connectivity index (χ2v) is 3.76. The number of hydrogen-bond acceptors (Lipinski definition) is 3. The highest BCUT2D eigenvalue weighted by Crippen LogP contribution is 1.91. The summed E-state index contributed by atoms with van der Waals surface area (Å²) >= 11 is 0. The molecule has 4 nitrogen and oxygen atoms in total. The van der Waals surface area contributed by atoms with Gasteiger partial charge in [0.15, 0.2) is 0 Å². The molecule has 0 aromatic rings. The lowest BCUT2D eigenvalue weighted by Gasteiger charge is -2.11. The van der Waals surface area contributed by atoms with E-state index < -0.39 is 0 Å². The SMILES string of the molecule is C=C(C)COCCNC(=O)C(C)CNC. The lowest BCUT2D eigenvalue weighted by Crippen LogP contribution is -2.36. The second kappa shape index (κ2) is 8.44. The van der Waals surface area contributed by atoms with Gasteiger partial charge in [0, 0.05) is 19.0 Å². The van der Waals surface area contributed by atoms with Crippen molar-refractivity contribution in [2.45, 2.75) is 13.8 Å². The first-order chi connectivity index (χ1) is 7.07. The second-order valence-electron chi connectivity index (χ2n) is 3.76. The quantitative estimate of drug-likeness (QED) is 0.458. The van der Waals surface area contributed by atoms with Crippen LogP contribution in [0.25, 0.3) is 0 Å². The van der Waals surface area contributed by atoms with Gasteiger partial charge in [0.25, 0.3) is 0 Å². The molecule has 0 fully saturated rings. The van der Waals surface area contributed by atoms with E-state index in [1.165, 1.54) is 0 Å². The Labute approximate surface area is 92.1 Å². The molecule has 1 unspecified atom stereocenters. The van der Waals surface area contributed by atoms with Crippen molar-refractivity contribution >= 4 is 5.91 Å². The summed E-state index contributed by atoms with van der Waals surface area (Å²) in [5.41, 5.74) is 0.991. The Balaban J connectivity index is 3.42. The lowest BCUT2D eigenvalue weighted by atomic mass is 10.1. The van der Waals surface area contributed by atoms with Gasteiger partial charge in [-0.3, -0.25) is 4.79 Å². The number of carbonyl (C=O) groups excluding carboxylic acids is 1. The summed E-state index contributed by atoms with van der Waals surface area (Å²) < 4.78 is 5.26. The van der Waals surface area contributed by atoms with Gasteiger partial charge in [0.2, 0.25) is 5.91 Å². The number of amides is 1. The highest BCUT2D eigenvalue weighted by Gasteiger charge is 2.10. The highest BCUT2D eigenvalue weighted by atomic mass is 16.5. The smallest absolute Gasteiger partial charge is 0.224 e. The summed E-state index contributed by atoms with van der Waals surface area (Å²) in [5.74, 6) is 0.0550. The predicted molar refractivity (Wildman–Crippen MR) is 61.7 cm³/mol. The maximum absolute atomic E-state index is 11.4. The van der Waals surface area contributed by atoms with Crippen molar-refractivity contribution in [2.24, 2.45) is 5.92 Å². The molecule has 0 rings (SSSR count). The topological polar surface area (TPSA) is 50.4 Å². The number of carbonyl (C=O) groups is 1. The van der Waals surface area contributed by atoms with Gasteiger partial charge in [-0.25, -0.2) is 0 Å². The van der Waals surface area contributed by atoms with E-state index in [4.69, 9.17) is 4.74 Å². The summed E-state index contributed by atoms with van der Waals surface area (Å²) in [6.45, 7) is 9.86. The monoisotopic (exact) mass is 214 g/mol. The Morgan fingerprint density at radius 3 is 2.73 bits per heavy atom. The fraction of sp³-hybridized carbons (Fsp3) is 0.727. The molecular formula is C11H22N2O2. The number of ether oxygens (including phenoxy) is 1. The van der Waals surface area contributed by atoms with Crippen LogP contribution in [0, 0.1) is 5.92 Å². The maximum Gasteiger partial charge on any atom is 0.224 e. The van der Waals surface area contributed by atoms with E-state index in [0.717, 1.165) is 5.57 Å². The molecule has 0 aromatic heterocycles. The summed E-state index contributed by atoms with van der Waals surface area (Å²) in [6.07, 6.45) is 0. The van der Waals surface area contributed by atoms with Crippen LogP contribution in [0.5, 0.6) is 0 Å². The van der Waals surface area contributed by atoms with E-state index in [0.29, 0.717) is 26.3 Å². The van der Waals surface area contributed by atoms with E-state index in [1.807, 2.05) is 20.9 Å². The minimum atomic E-state index is -0.00357. The van der Waals surface area contributed by atoms with Crippen molar-refractivity contribution in [1.82, 2.24) is 10.6 Å². The molecule has 0 aliphatic carbocycles. The van der Waals surface area contributed by atoms with Gasteiger partial charge >= 0.3 is 0 Å². The van der Waals surface area contributed by atoms with Crippen molar-refractivity contribution in [3.63, 3.8) is 0 Å². The van der Waals surface area contributed by atoms with Crippen LogP contribution in [0.2, 0.25) is 0 Å². The van der Waals surface area contributed by atoms with Crippen LogP contribution in [0.3, 0.4) is 0 Å². The normalized spacial score (nSPS) is 12.2. The van der Waals surface area contributed by atoms with E-state index in [-0.39, 0.29) is 11.8 Å². The molecule has 0 aliphatic rings. The summed E-state index contributed by atoms with van der Waals surface area (Å²) in [6, 6.07) is 0. The molecule has 0 radical (unpaired) electrons. The summed E-state index contributed by atoms with van der Waals surface area (Å²) in [5, 5.41) is 5.77. The molecule has 0 aromatic carbocycles. The Kier molecular flexibility index (Phi) is 7.95. The Morgan fingerprint density at radius 1 is 1.53 bits per heavy atom. The Morgan fingerprint density at radius 2 is 2.20 bits per heavy atom. The molecule has 0 saturated heterocycles. The molecule has 1 atom stereocenters. The maximum atomic E-state index is 11.4. The van der Waals surface area contributed by atoms with Crippen molar-refractivity contribution in [2.75, 3.05) is 33.4 Å². The van der Waals surface area contributed by atoms with Gasteiger partial charge in [0.05, 0.1) is 13.2 Å². The minimum Gasteiger partial charge on any atom is -0.375 e. The first kappa shape index (κ1) is 14.1. The average Bonchev–Trinajstić information content (AvgIpc) is 2.16. The van der Waals surface area contributed by atoms with Crippen LogP contribution in [0.1, 0.15) is 13.8 Å². The molecule has 0 spiro atoms. The van der Waals surface area contributed by atoms with Crippen LogP contribution in [0.15, 0.2) is 12.2 Å². The van der Waals surface area contributed by atoms with Crippen LogP contribution < -0.4 is 10.6 Å². The van der Waals surface area contributed by atoms with Gasteiger partial charge in [-0.1, -0.05) is 19.1 Å². The Hall–Kier alpha value is -0.870. The van der Waals surface area contributed by atoms with E-state index in [2.05, 4.69) is 17.2 Å². The molecule has 2 N–H and O–H groups in total. The minimum absolute atomic E-state index is 0.00357. The first-order valence-corrected chi connectivity index (χ1v) is 5.22. The van der Waals surface area contributed by atoms with Crippen molar-refractivity contribution in [3.8, 4) is 0 Å². The molecule has 15 heavy (non-hydrogen) atoms. The van der Waals surface area contributed by atoms with Gasteiger partial charge in [-0.2, -0.15) is 0 Å².